The Balaban J connectivity index is 2.57. The van der Waals surface area contributed by atoms with Crippen LogP contribution >= 0.6 is 11.6 Å². The van der Waals surface area contributed by atoms with Crippen molar-refractivity contribution in [2.75, 3.05) is 16.7 Å². The number of nitrogens with one attached hydrogen (secondary N) is 3. The summed E-state index contributed by atoms with van der Waals surface area (Å²) in [4.78, 5) is -0.0268. The summed E-state index contributed by atoms with van der Waals surface area (Å²) in [6.45, 7) is 0.0738. The third kappa shape index (κ3) is 2.53. The zero-order chi connectivity index (χ0) is 12.6. The number of rotatable bonds is 2. The number of benzene rings is 1. The fraction of sp³-hybridized carbons (Fsp3) is 0.143. The molecule has 1 aliphatic heterocycles. The first-order valence-electron chi connectivity index (χ1n) is 4.35. The fourth-order valence-electron chi connectivity index (χ4n) is 1.39. The monoisotopic (exact) mass is 297 g/mol. The summed E-state index contributed by atoms with van der Waals surface area (Å²) in [5, 5.41) is 2.95. The third-order valence-corrected chi connectivity index (χ3v) is 4.25. The Morgan fingerprint density at radius 2 is 2.18 bits per heavy atom. The molecule has 0 saturated heterocycles. The van der Waals surface area contributed by atoms with E-state index in [9.17, 15) is 12.6 Å². The lowest BCUT2D eigenvalue weighted by Gasteiger charge is -2.20. The van der Waals surface area contributed by atoms with Crippen molar-refractivity contribution in [3.8, 4) is 0 Å². The third-order valence-electron chi connectivity index (χ3n) is 2.10. The molecule has 1 aromatic rings. The normalized spacial score (nSPS) is 18.9. The van der Waals surface area contributed by atoms with Gasteiger partial charge in [0.05, 0.1) is 23.1 Å². The Hall–Kier alpha value is -0.870. The molecule has 0 aromatic heterocycles. The van der Waals surface area contributed by atoms with E-state index in [0.29, 0.717) is 5.69 Å². The fourth-order valence-corrected chi connectivity index (χ4v) is 3.13. The molecule has 0 bridgehead atoms. The molecular weight excluding hydrogens is 290 g/mol. The lowest BCUT2D eigenvalue weighted by Crippen LogP contribution is -2.34. The number of halogens is 1. The molecule has 94 valence electrons. The molecule has 1 atom stereocenters. The molecule has 0 aliphatic carbocycles. The van der Waals surface area contributed by atoms with E-state index in [1.54, 1.807) is 0 Å². The Kier molecular flexibility index (Phi) is 3.27. The second kappa shape index (κ2) is 4.42. The van der Waals surface area contributed by atoms with Crippen LogP contribution in [0, 0.1) is 0 Å². The summed E-state index contributed by atoms with van der Waals surface area (Å²) >= 11 is 3.51. The predicted octanol–water partition coefficient (Wildman–Crippen LogP) is 0.550. The van der Waals surface area contributed by atoms with Crippen molar-refractivity contribution < 1.29 is 17.2 Å². The maximum Gasteiger partial charge on any atom is 0.259 e. The average Bonchev–Trinajstić information content (AvgIpc) is 2.19. The summed E-state index contributed by atoms with van der Waals surface area (Å²) in [7, 11) is -3.61. The van der Waals surface area contributed by atoms with E-state index in [2.05, 4.69) is 14.8 Å². The van der Waals surface area contributed by atoms with Gasteiger partial charge in [-0.1, -0.05) is 11.6 Å². The van der Waals surface area contributed by atoms with Crippen molar-refractivity contribution in [2.24, 2.45) is 0 Å². The van der Waals surface area contributed by atoms with Crippen LogP contribution in [0.1, 0.15) is 0 Å². The molecular formula is C7H8ClN3O4S2. The van der Waals surface area contributed by atoms with Gasteiger partial charge in [-0.05, 0) is 12.1 Å². The van der Waals surface area contributed by atoms with Crippen molar-refractivity contribution in [1.82, 2.24) is 4.72 Å². The van der Waals surface area contributed by atoms with E-state index >= 15 is 0 Å². The van der Waals surface area contributed by atoms with E-state index in [1.807, 2.05) is 0 Å². The number of anilines is 2. The first kappa shape index (κ1) is 12.6. The Bertz CT molecular complexity index is 589. The van der Waals surface area contributed by atoms with Gasteiger partial charge in [0.2, 0.25) is 10.0 Å². The largest absolute Gasteiger partial charge is 0.370 e. The van der Waals surface area contributed by atoms with E-state index in [4.69, 9.17) is 16.2 Å². The standard InChI is InChI=1S/C7H8ClN3O4S2/c8-4-1-6-7(2-5(4)11-16(12)13)17(14,15)10-3-9-6/h1-2,9-11H,3H2,(H,12,13). The molecule has 1 unspecified atom stereocenters. The highest BCUT2D eigenvalue weighted by Gasteiger charge is 2.24. The maximum absolute atomic E-state index is 11.7. The highest BCUT2D eigenvalue weighted by molar-refractivity contribution is 7.89. The molecule has 0 radical (unpaired) electrons. The highest BCUT2D eigenvalue weighted by Crippen LogP contribution is 2.33. The van der Waals surface area contributed by atoms with Crippen LogP contribution < -0.4 is 14.8 Å². The van der Waals surface area contributed by atoms with Crippen LogP contribution in [0.2, 0.25) is 5.02 Å². The molecule has 0 amide bonds. The smallest absolute Gasteiger partial charge is 0.259 e. The summed E-state index contributed by atoms with van der Waals surface area (Å²) in [6, 6.07) is 2.57. The van der Waals surface area contributed by atoms with Gasteiger partial charge in [0.25, 0.3) is 11.3 Å². The minimum Gasteiger partial charge on any atom is -0.370 e. The van der Waals surface area contributed by atoms with Crippen LogP contribution in [0.4, 0.5) is 11.4 Å². The molecule has 17 heavy (non-hydrogen) atoms. The minimum atomic E-state index is -3.61. The quantitative estimate of drug-likeness (QED) is 0.596. The van der Waals surface area contributed by atoms with Gasteiger partial charge in [-0.2, -0.15) is 4.72 Å². The van der Waals surface area contributed by atoms with Gasteiger partial charge in [-0.25, -0.2) is 12.6 Å². The van der Waals surface area contributed by atoms with Gasteiger partial charge in [-0.15, -0.1) is 0 Å². The molecule has 1 heterocycles. The topological polar surface area (TPSA) is 108 Å². The summed E-state index contributed by atoms with van der Waals surface area (Å²) in [5.74, 6) is 0. The predicted molar refractivity (Wildman–Crippen MR) is 64.7 cm³/mol. The van der Waals surface area contributed by atoms with Crippen LogP contribution in [-0.4, -0.2) is 23.8 Å². The second-order valence-electron chi connectivity index (χ2n) is 3.18. The van der Waals surface area contributed by atoms with Crippen LogP contribution in [0.15, 0.2) is 17.0 Å². The van der Waals surface area contributed by atoms with E-state index < -0.39 is 21.3 Å². The van der Waals surface area contributed by atoms with Gasteiger partial charge in [0, 0.05) is 0 Å². The summed E-state index contributed by atoms with van der Waals surface area (Å²) in [6.07, 6.45) is 0. The molecule has 1 aromatic carbocycles. The van der Waals surface area contributed by atoms with Gasteiger partial charge in [0.15, 0.2) is 0 Å². The Morgan fingerprint density at radius 1 is 1.47 bits per heavy atom. The molecule has 0 fully saturated rings. The Morgan fingerprint density at radius 3 is 2.82 bits per heavy atom. The lowest BCUT2D eigenvalue weighted by atomic mass is 10.3. The number of hydrogen-bond donors (Lipinski definition) is 4. The van der Waals surface area contributed by atoms with Gasteiger partial charge in [0.1, 0.15) is 4.90 Å². The SMILES string of the molecule is O=S(O)Nc1cc2c(cc1Cl)NCNS2(=O)=O. The first-order chi connectivity index (χ1) is 7.90. The van der Waals surface area contributed by atoms with Crippen LogP contribution in [0.3, 0.4) is 0 Å². The number of fused-ring (bicyclic) bond motifs is 1. The molecule has 0 spiro atoms. The van der Waals surface area contributed by atoms with Gasteiger partial charge >= 0.3 is 0 Å². The molecule has 7 nitrogen and oxygen atoms in total. The summed E-state index contributed by atoms with van der Waals surface area (Å²) in [5.41, 5.74) is 0.420. The van der Waals surface area contributed by atoms with Crippen molar-refractivity contribution in [3.63, 3.8) is 0 Å². The maximum atomic E-state index is 11.7. The number of hydrogen-bond acceptors (Lipinski definition) is 4. The molecule has 1 aliphatic rings. The Labute approximate surface area is 105 Å². The highest BCUT2D eigenvalue weighted by atomic mass is 35.5. The summed E-state index contributed by atoms with van der Waals surface area (Å²) < 4.78 is 47.0. The van der Waals surface area contributed by atoms with Crippen LogP contribution in [0.5, 0.6) is 0 Å². The molecule has 0 saturated carbocycles. The van der Waals surface area contributed by atoms with Gasteiger partial charge < -0.3 is 5.32 Å². The van der Waals surface area contributed by atoms with Crippen LogP contribution in [0.25, 0.3) is 0 Å². The minimum absolute atomic E-state index is 0.0268. The average molecular weight is 298 g/mol. The molecule has 4 N–H and O–H groups in total. The van der Waals surface area contributed by atoms with E-state index in [1.165, 1.54) is 12.1 Å². The van der Waals surface area contributed by atoms with E-state index in [0.717, 1.165) is 0 Å². The molecule has 2 rings (SSSR count). The van der Waals surface area contributed by atoms with Crippen molar-refractivity contribution >= 4 is 44.3 Å². The van der Waals surface area contributed by atoms with Crippen LogP contribution in [-0.2, 0) is 21.3 Å². The molecule has 10 heteroatoms. The van der Waals surface area contributed by atoms with Crippen molar-refractivity contribution in [1.29, 1.82) is 0 Å². The van der Waals surface area contributed by atoms with Crippen molar-refractivity contribution in [3.05, 3.63) is 17.2 Å². The van der Waals surface area contributed by atoms with E-state index in [-0.39, 0.29) is 22.3 Å². The lowest BCUT2D eigenvalue weighted by molar-refractivity contribution is 0.569. The second-order valence-corrected chi connectivity index (χ2v) is 6.03. The number of sulfonamides is 1. The zero-order valence-corrected chi connectivity index (χ0v) is 10.6. The first-order valence-corrected chi connectivity index (χ1v) is 7.31. The zero-order valence-electron chi connectivity index (χ0n) is 8.23. The van der Waals surface area contributed by atoms with Crippen molar-refractivity contribution in [2.45, 2.75) is 4.90 Å². The van der Waals surface area contributed by atoms with Gasteiger partial charge in [-0.3, -0.25) is 9.27 Å².